The summed E-state index contributed by atoms with van der Waals surface area (Å²) in [5.74, 6) is -0.379. The van der Waals surface area contributed by atoms with Crippen LogP contribution in [0.2, 0.25) is 5.02 Å². The Morgan fingerprint density at radius 1 is 0.897 bits per heavy atom. The van der Waals surface area contributed by atoms with Gasteiger partial charge in [-0.25, -0.2) is 0 Å². The number of hydrogen-bond acceptors (Lipinski definition) is 2. The lowest BCUT2D eigenvalue weighted by atomic mass is 9.87. The Balaban J connectivity index is 1.70. The van der Waals surface area contributed by atoms with E-state index >= 15 is 0 Å². The Morgan fingerprint density at radius 3 is 2.14 bits per heavy atom. The molecule has 2 aromatic rings. The summed E-state index contributed by atoms with van der Waals surface area (Å²) >= 11 is 6.26. The second-order valence-corrected chi connectivity index (χ2v) is 9.19. The van der Waals surface area contributed by atoms with Crippen molar-refractivity contribution in [3.63, 3.8) is 0 Å². The number of rotatable bonds is 4. The smallest absolute Gasteiger partial charge is 0.255 e. The Bertz CT molecular complexity index is 879. The third-order valence-electron chi connectivity index (χ3n) is 5.43. The summed E-state index contributed by atoms with van der Waals surface area (Å²) < 4.78 is 0. The molecule has 5 heteroatoms. The van der Waals surface area contributed by atoms with Gasteiger partial charge in [-0.15, -0.1) is 0 Å². The molecule has 2 N–H and O–H groups in total. The fraction of sp³-hybridized carbons (Fsp3) is 0.417. The van der Waals surface area contributed by atoms with E-state index in [4.69, 9.17) is 11.6 Å². The van der Waals surface area contributed by atoms with E-state index in [1.807, 2.05) is 24.3 Å². The second-order valence-electron chi connectivity index (χ2n) is 8.78. The summed E-state index contributed by atoms with van der Waals surface area (Å²) in [7, 11) is 0. The number of anilines is 1. The van der Waals surface area contributed by atoms with Gasteiger partial charge in [0.25, 0.3) is 11.8 Å². The zero-order valence-corrected chi connectivity index (χ0v) is 18.1. The molecule has 0 bridgehead atoms. The topological polar surface area (TPSA) is 58.2 Å². The highest BCUT2D eigenvalue weighted by molar-refractivity contribution is 6.34. The lowest BCUT2D eigenvalue weighted by Gasteiger charge is -2.23. The highest BCUT2D eigenvalue weighted by atomic mass is 35.5. The maximum atomic E-state index is 12.7. The van der Waals surface area contributed by atoms with Gasteiger partial charge in [-0.05, 0) is 54.2 Å². The summed E-state index contributed by atoms with van der Waals surface area (Å²) in [6, 6.07) is 12.7. The van der Waals surface area contributed by atoms with Crippen LogP contribution in [0.3, 0.4) is 0 Å². The number of carbonyl (C=O) groups excluding carboxylic acids is 2. The van der Waals surface area contributed by atoms with E-state index in [1.54, 1.807) is 18.2 Å². The lowest BCUT2D eigenvalue weighted by molar-refractivity contribution is 0.0926. The van der Waals surface area contributed by atoms with Crippen molar-refractivity contribution in [2.75, 3.05) is 5.32 Å². The Kier molecular flexibility index (Phi) is 6.63. The van der Waals surface area contributed by atoms with Crippen molar-refractivity contribution in [1.29, 1.82) is 0 Å². The van der Waals surface area contributed by atoms with Gasteiger partial charge < -0.3 is 10.6 Å². The fourth-order valence-corrected chi connectivity index (χ4v) is 3.76. The minimum atomic E-state index is -0.253. The van der Waals surface area contributed by atoms with E-state index in [9.17, 15) is 9.59 Å². The maximum absolute atomic E-state index is 12.7. The van der Waals surface area contributed by atoms with E-state index in [1.165, 1.54) is 6.42 Å². The normalized spacial score (nSPS) is 15.0. The largest absolute Gasteiger partial charge is 0.349 e. The van der Waals surface area contributed by atoms with Crippen molar-refractivity contribution in [2.45, 2.75) is 64.3 Å². The second kappa shape index (κ2) is 9.00. The van der Waals surface area contributed by atoms with E-state index in [-0.39, 0.29) is 23.3 Å². The van der Waals surface area contributed by atoms with Crippen molar-refractivity contribution in [3.05, 3.63) is 64.2 Å². The zero-order chi connectivity index (χ0) is 21.0. The van der Waals surface area contributed by atoms with Crippen LogP contribution in [0.1, 0.15) is 79.2 Å². The molecule has 154 valence electrons. The molecule has 1 saturated carbocycles. The van der Waals surface area contributed by atoms with E-state index in [2.05, 4.69) is 31.4 Å². The van der Waals surface area contributed by atoms with Gasteiger partial charge in [0.15, 0.2) is 0 Å². The minimum Gasteiger partial charge on any atom is -0.349 e. The Morgan fingerprint density at radius 2 is 1.52 bits per heavy atom. The molecule has 0 spiro atoms. The molecule has 3 rings (SSSR count). The summed E-state index contributed by atoms with van der Waals surface area (Å²) in [6.07, 6.45) is 5.59. The molecule has 1 aliphatic carbocycles. The van der Waals surface area contributed by atoms with Crippen LogP contribution < -0.4 is 10.6 Å². The molecule has 4 nitrogen and oxygen atoms in total. The first kappa shape index (κ1) is 21.4. The molecule has 0 radical (unpaired) electrons. The molecule has 1 fully saturated rings. The van der Waals surface area contributed by atoms with Crippen molar-refractivity contribution < 1.29 is 9.59 Å². The van der Waals surface area contributed by atoms with E-state index < -0.39 is 0 Å². The highest BCUT2D eigenvalue weighted by Crippen LogP contribution is 2.26. The van der Waals surface area contributed by atoms with Gasteiger partial charge in [0, 0.05) is 17.2 Å². The van der Waals surface area contributed by atoms with Crippen LogP contribution in [0.5, 0.6) is 0 Å². The summed E-state index contributed by atoms with van der Waals surface area (Å²) in [6.45, 7) is 6.39. The van der Waals surface area contributed by atoms with Crippen LogP contribution in [0.4, 0.5) is 5.69 Å². The number of benzene rings is 2. The average Bonchev–Trinajstić information content (AvgIpc) is 2.69. The number of hydrogen-bond donors (Lipinski definition) is 2. The minimum absolute atomic E-state index is 0.0261. The number of carbonyl (C=O) groups is 2. The summed E-state index contributed by atoms with van der Waals surface area (Å²) in [4.78, 5) is 25.3. The van der Waals surface area contributed by atoms with Crippen molar-refractivity contribution in [1.82, 2.24) is 5.32 Å². The maximum Gasteiger partial charge on any atom is 0.255 e. The molecule has 29 heavy (non-hydrogen) atoms. The fourth-order valence-electron chi connectivity index (χ4n) is 3.59. The van der Waals surface area contributed by atoms with Gasteiger partial charge in [0.2, 0.25) is 0 Å². The molecule has 1 aliphatic rings. The molecule has 0 aromatic heterocycles. The molecular weight excluding hydrogens is 384 g/mol. The number of amides is 2. The predicted molar refractivity (Wildman–Crippen MR) is 119 cm³/mol. The van der Waals surface area contributed by atoms with Crippen molar-refractivity contribution in [3.8, 4) is 0 Å². The van der Waals surface area contributed by atoms with Crippen LogP contribution in [0.15, 0.2) is 42.5 Å². The Hall–Kier alpha value is -2.33. The molecule has 0 unspecified atom stereocenters. The third-order valence-corrected chi connectivity index (χ3v) is 5.76. The molecular formula is C24H29ClN2O2. The monoisotopic (exact) mass is 412 g/mol. The molecule has 0 atom stereocenters. The van der Waals surface area contributed by atoms with Crippen molar-refractivity contribution in [2.24, 2.45) is 0 Å². The first-order valence-corrected chi connectivity index (χ1v) is 10.6. The first-order chi connectivity index (χ1) is 13.7. The molecule has 0 saturated heterocycles. The quantitative estimate of drug-likeness (QED) is 0.651. The van der Waals surface area contributed by atoms with Gasteiger partial charge in [0.1, 0.15) is 0 Å². The molecule has 0 heterocycles. The summed E-state index contributed by atoms with van der Waals surface area (Å²) in [5.41, 5.74) is 2.67. The van der Waals surface area contributed by atoms with E-state index in [0.29, 0.717) is 21.8 Å². The lowest BCUT2D eigenvalue weighted by Crippen LogP contribution is -2.36. The SMILES string of the molecule is CC(C)(C)c1ccc(C(=O)Nc2cc(C(=O)NC3CCCCC3)ccc2Cl)cc1. The predicted octanol–water partition coefficient (Wildman–Crippen LogP) is 5.95. The van der Waals surface area contributed by atoms with Crippen LogP contribution in [-0.2, 0) is 5.41 Å². The average molecular weight is 413 g/mol. The van der Waals surface area contributed by atoms with Gasteiger partial charge in [-0.2, -0.15) is 0 Å². The highest BCUT2D eigenvalue weighted by Gasteiger charge is 2.18. The molecule has 2 amide bonds. The van der Waals surface area contributed by atoms with Crippen LogP contribution in [0.25, 0.3) is 0 Å². The third kappa shape index (κ3) is 5.60. The van der Waals surface area contributed by atoms with Gasteiger partial charge in [-0.1, -0.05) is 63.8 Å². The van der Waals surface area contributed by atoms with Gasteiger partial charge in [0.05, 0.1) is 10.7 Å². The number of halogens is 1. The van der Waals surface area contributed by atoms with Crippen molar-refractivity contribution >= 4 is 29.1 Å². The van der Waals surface area contributed by atoms with Crippen LogP contribution in [0, 0.1) is 0 Å². The van der Waals surface area contributed by atoms with Crippen LogP contribution in [-0.4, -0.2) is 17.9 Å². The number of nitrogens with one attached hydrogen (secondary N) is 2. The van der Waals surface area contributed by atoms with Gasteiger partial charge in [-0.3, -0.25) is 9.59 Å². The Labute approximate surface area is 178 Å². The standard InChI is InChI=1S/C24H29ClN2O2/c1-24(2,3)18-12-9-16(10-13-18)22(28)27-21-15-17(11-14-20(21)25)23(29)26-19-7-5-4-6-8-19/h9-15,19H,4-8H2,1-3H3,(H,26,29)(H,27,28). The zero-order valence-electron chi connectivity index (χ0n) is 17.3. The summed E-state index contributed by atoms with van der Waals surface area (Å²) in [5, 5.41) is 6.33. The van der Waals surface area contributed by atoms with E-state index in [0.717, 1.165) is 31.2 Å². The molecule has 0 aliphatic heterocycles. The van der Waals surface area contributed by atoms with Gasteiger partial charge >= 0.3 is 0 Å². The first-order valence-electron chi connectivity index (χ1n) is 10.3. The van der Waals surface area contributed by atoms with Crippen LogP contribution >= 0.6 is 11.6 Å². The molecule has 2 aromatic carbocycles.